The fraction of sp³-hybridized carbons (Fsp3) is 0.429. The Morgan fingerprint density at radius 3 is 2.74 bits per heavy atom. The van der Waals surface area contributed by atoms with Gasteiger partial charge in [0.15, 0.2) is 0 Å². The third kappa shape index (κ3) is 5.09. The number of rotatable bonds is 5. The summed E-state index contributed by atoms with van der Waals surface area (Å²) in [6.45, 7) is 5.71. The molecule has 0 saturated heterocycles. The van der Waals surface area contributed by atoms with Gasteiger partial charge in [0.2, 0.25) is 0 Å². The van der Waals surface area contributed by atoms with E-state index in [4.69, 9.17) is 10.5 Å². The van der Waals surface area contributed by atoms with Crippen molar-refractivity contribution in [3.8, 4) is 0 Å². The molecule has 19 heavy (non-hydrogen) atoms. The molecule has 0 aliphatic rings. The summed E-state index contributed by atoms with van der Waals surface area (Å²) >= 11 is 0. The summed E-state index contributed by atoms with van der Waals surface area (Å²) in [7, 11) is 0. The maximum atomic E-state index is 11.9. The van der Waals surface area contributed by atoms with Crippen LogP contribution in [0.1, 0.15) is 37.9 Å². The van der Waals surface area contributed by atoms with Crippen molar-refractivity contribution in [2.75, 3.05) is 0 Å². The molecule has 1 unspecified atom stereocenters. The fourth-order valence-corrected chi connectivity index (χ4v) is 1.54. The molecule has 3 N–H and O–H groups in total. The summed E-state index contributed by atoms with van der Waals surface area (Å²) in [6, 6.07) is 6.29. The quantitative estimate of drug-likeness (QED) is 0.617. The van der Waals surface area contributed by atoms with Crippen molar-refractivity contribution in [1.82, 2.24) is 5.32 Å². The molecule has 1 rings (SSSR count). The highest BCUT2D eigenvalue weighted by Crippen LogP contribution is 2.17. The maximum Gasteiger partial charge on any atom is 0.328 e. The molecule has 1 aromatic carbocycles. The van der Waals surface area contributed by atoms with Crippen molar-refractivity contribution in [1.29, 1.82) is 0 Å². The molecule has 1 aromatic rings. The molecule has 1 amide bonds. The third-order valence-corrected chi connectivity index (χ3v) is 2.34. The van der Waals surface area contributed by atoms with Gasteiger partial charge in [-0.15, -0.1) is 0 Å². The van der Waals surface area contributed by atoms with Crippen LogP contribution in [0.4, 0.5) is 0 Å². The van der Waals surface area contributed by atoms with Crippen LogP contribution >= 0.6 is 0 Å². The van der Waals surface area contributed by atoms with Gasteiger partial charge in [-0.25, -0.2) is 4.79 Å². The van der Waals surface area contributed by atoms with Gasteiger partial charge in [0, 0.05) is 6.54 Å². The molecule has 1 atom stereocenters. The predicted molar refractivity (Wildman–Crippen MR) is 71.7 cm³/mol. The van der Waals surface area contributed by atoms with Crippen molar-refractivity contribution in [2.45, 2.75) is 39.0 Å². The van der Waals surface area contributed by atoms with Gasteiger partial charge in [-0.05, 0) is 31.9 Å². The highest BCUT2D eigenvalue weighted by atomic mass is 16.6. The summed E-state index contributed by atoms with van der Waals surface area (Å²) in [4.78, 5) is 22.0. The lowest BCUT2D eigenvalue weighted by molar-refractivity contribution is -0.156. The number of esters is 1. The SMILES string of the molecule is CC(C)(C)OC(=O)C(N)c1cccc(CN[C]=O)c1. The Morgan fingerprint density at radius 1 is 1.47 bits per heavy atom. The lowest BCUT2D eigenvalue weighted by atomic mass is 10.0. The van der Waals surface area contributed by atoms with Crippen molar-refractivity contribution >= 4 is 12.4 Å². The molecule has 5 heteroatoms. The maximum absolute atomic E-state index is 11.9. The van der Waals surface area contributed by atoms with Crippen LogP contribution in [0, 0.1) is 0 Å². The van der Waals surface area contributed by atoms with Crippen LogP contribution in [0.5, 0.6) is 0 Å². The van der Waals surface area contributed by atoms with Gasteiger partial charge in [0.1, 0.15) is 11.6 Å². The molecule has 0 aromatic heterocycles. The van der Waals surface area contributed by atoms with E-state index < -0.39 is 17.6 Å². The van der Waals surface area contributed by atoms with Gasteiger partial charge >= 0.3 is 12.4 Å². The zero-order valence-electron chi connectivity index (χ0n) is 11.4. The van der Waals surface area contributed by atoms with E-state index in [9.17, 15) is 9.59 Å². The average Bonchev–Trinajstić information content (AvgIpc) is 2.33. The summed E-state index contributed by atoms with van der Waals surface area (Å²) in [5.74, 6) is -0.473. The minimum Gasteiger partial charge on any atom is -0.459 e. The lowest BCUT2D eigenvalue weighted by Crippen LogP contribution is -2.31. The third-order valence-electron chi connectivity index (χ3n) is 2.34. The molecule has 0 bridgehead atoms. The molecule has 5 nitrogen and oxygen atoms in total. The Labute approximate surface area is 113 Å². The number of hydrogen-bond donors (Lipinski definition) is 2. The number of hydrogen-bond acceptors (Lipinski definition) is 4. The first-order chi connectivity index (χ1) is 8.83. The van der Waals surface area contributed by atoms with Crippen molar-refractivity contribution in [3.63, 3.8) is 0 Å². The van der Waals surface area contributed by atoms with Crippen LogP contribution in [-0.2, 0) is 20.9 Å². The summed E-state index contributed by atoms with van der Waals surface area (Å²) in [5, 5.41) is 2.44. The molecule has 0 spiro atoms. The Bertz CT molecular complexity index is 452. The topological polar surface area (TPSA) is 81.4 Å². The highest BCUT2D eigenvalue weighted by molar-refractivity contribution is 5.77. The van der Waals surface area contributed by atoms with E-state index in [1.807, 2.05) is 6.07 Å². The van der Waals surface area contributed by atoms with Crippen LogP contribution in [0.2, 0.25) is 0 Å². The summed E-state index contributed by atoms with van der Waals surface area (Å²) in [6.07, 6.45) is 1.60. The molecular formula is C14H19N2O3. The molecule has 0 fully saturated rings. The normalized spacial score (nSPS) is 12.6. The van der Waals surface area contributed by atoms with E-state index >= 15 is 0 Å². The molecule has 1 radical (unpaired) electrons. The molecule has 103 valence electrons. The first kappa shape index (κ1) is 15.2. The zero-order valence-corrected chi connectivity index (χ0v) is 11.4. The number of carbonyl (C=O) groups is 1. The number of benzene rings is 1. The number of amides is 1. The van der Waals surface area contributed by atoms with Crippen LogP contribution < -0.4 is 11.1 Å². The predicted octanol–water partition coefficient (Wildman–Crippen LogP) is 1.18. The second kappa shape index (κ2) is 6.33. The van der Waals surface area contributed by atoms with Gasteiger partial charge in [0.25, 0.3) is 0 Å². The molecule has 0 heterocycles. The van der Waals surface area contributed by atoms with Gasteiger partial charge < -0.3 is 15.8 Å². The van der Waals surface area contributed by atoms with E-state index in [1.54, 1.807) is 45.4 Å². The summed E-state index contributed by atoms with van der Waals surface area (Å²) in [5.41, 5.74) is 6.80. The average molecular weight is 263 g/mol. The number of carbonyl (C=O) groups excluding carboxylic acids is 2. The Morgan fingerprint density at radius 2 is 2.16 bits per heavy atom. The first-order valence-electron chi connectivity index (χ1n) is 6.01. The Kier molecular flexibility index (Phi) is 5.06. The van der Waals surface area contributed by atoms with Gasteiger partial charge in [-0.2, -0.15) is 0 Å². The molecular weight excluding hydrogens is 244 g/mol. The Hall–Kier alpha value is -1.88. The fourth-order valence-electron chi connectivity index (χ4n) is 1.54. The summed E-state index contributed by atoms with van der Waals surface area (Å²) < 4.78 is 5.23. The van der Waals surface area contributed by atoms with E-state index in [0.29, 0.717) is 12.1 Å². The van der Waals surface area contributed by atoms with Crippen LogP contribution in [0.15, 0.2) is 24.3 Å². The van der Waals surface area contributed by atoms with Gasteiger partial charge in [0.05, 0.1) is 0 Å². The zero-order chi connectivity index (χ0) is 14.5. The monoisotopic (exact) mass is 263 g/mol. The first-order valence-corrected chi connectivity index (χ1v) is 6.01. The second-order valence-electron chi connectivity index (χ2n) is 5.21. The van der Waals surface area contributed by atoms with E-state index in [1.165, 1.54) is 0 Å². The van der Waals surface area contributed by atoms with E-state index in [0.717, 1.165) is 5.56 Å². The number of ether oxygens (including phenoxy) is 1. The van der Waals surface area contributed by atoms with Gasteiger partial charge in [-0.3, -0.25) is 4.79 Å². The lowest BCUT2D eigenvalue weighted by Gasteiger charge is -2.22. The smallest absolute Gasteiger partial charge is 0.328 e. The standard InChI is InChI=1S/C14H19N2O3/c1-14(2,3)19-13(18)12(15)11-6-4-5-10(7-11)8-16-9-17/h4-7,12H,8,15H2,1-3H3,(H,16,17). The van der Waals surface area contributed by atoms with Gasteiger partial charge in [-0.1, -0.05) is 24.3 Å². The van der Waals surface area contributed by atoms with Crippen LogP contribution in [-0.4, -0.2) is 18.0 Å². The molecule has 0 aliphatic carbocycles. The molecule has 0 saturated carbocycles. The van der Waals surface area contributed by atoms with E-state index in [-0.39, 0.29) is 0 Å². The van der Waals surface area contributed by atoms with Crippen LogP contribution in [0.25, 0.3) is 0 Å². The number of nitrogens with two attached hydrogens (primary N) is 1. The number of nitrogens with one attached hydrogen (secondary N) is 1. The Balaban J connectivity index is 2.78. The van der Waals surface area contributed by atoms with Crippen LogP contribution in [0.3, 0.4) is 0 Å². The minimum atomic E-state index is -0.834. The van der Waals surface area contributed by atoms with Crippen molar-refractivity contribution < 1.29 is 14.3 Å². The highest BCUT2D eigenvalue weighted by Gasteiger charge is 2.23. The largest absolute Gasteiger partial charge is 0.459 e. The van der Waals surface area contributed by atoms with E-state index in [2.05, 4.69) is 5.32 Å². The van der Waals surface area contributed by atoms with Crippen molar-refractivity contribution in [3.05, 3.63) is 35.4 Å². The molecule has 0 aliphatic heterocycles. The minimum absolute atomic E-state index is 0.346. The van der Waals surface area contributed by atoms with Crippen molar-refractivity contribution in [2.24, 2.45) is 5.73 Å². The second-order valence-corrected chi connectivity index (χ2v) is 5.21.